The summed E-state index contributed by atoms with van der Waals surface area (Å²) in [6.45, 7) is 2.69. The van der Waals surface area contributed by atoms with Gasteiger partial charge in [0.15, 0.2) is 0 Å². The van der Waals surface area contributed by atoms with Crippen molar-refractivity contribution in [2.45, 2.75) is 13.3 Å². The van der Waals surface area contributed by atoms with E-state index in [0.29, 0.717) is 19.5 Å². The van der Waals surface area contributed by atoms with Crippen LogP contribution in [0.5, 0.6) is 0 Å². The third-order valence-corrected chi connectivity index (χ3v) is 2.70. The molecule has 2 N–H and O–H groups in total. The zero-order valence-corrected chi connectivity index (χ0v) is 11.7. The number of amides is 2. The summed E-state index contributed by atoms with van der Waals surface area (Å²) >= 11 is 0. The summed E-state index contributed by atoms with van der Waals surface area (Å²) in [5, 5.41) is 5.05. The summed E-state index contributed by atoms with van der Waals surface area (Å²) in [6.07, 6.45) is 0.707. The molecule has 5 heteroatoms. The molecule has 2 amide bonds. The van der Waals surface area contributed by atoms with Gasteiger partial charge in [0.05, 0.1) is 0 Å². The second-order valence-electron chi connectivity index (χ2n) is 4.43. The van der Waals surface area contributed by atoms with Gasteiger partial charge in [-0.05, 0) is 31.0 Å². The fourth-order valence-electron chi connectivity index (χ4n) is 1.60. The highest BCUT2D eigenvalue weighted by Gasteiger charge is 2.10. The van der Waals surface area contributed by atoms with Gasteiger partial charge in [-0.25, -0.2) is 0 Å². The van der Waals surface area contributed by atoms with E-state index in [1.165, 1.54) is 0 Å². The lowest BCUT2D eigenvalue weighted by molar-refractivity contribution is -0.139. The molecule has 1 aromatic carbocycles. The largest absolute Gasteiger partial charge is 0.378 e. The predicted octanol–water partition coefficient (Wildman–Crippen LogP) is 0.547. The molecule has 1 rings (SSSR count). The average molecular weight is 263 g/mol. The SMILES string of the molecule is CCNC(=O)C(=O)NCCc1ccc(N(C)C)cc1. The van der Waals surface area contributed by atoms with E-state index >= 15 is 0 Å². The first-order valence-corrected chi connectivity index (χ1v) is 6.37. The zero-order chi connectivity index (χ0) is 14.3. The zero-order valence-electron chi connectivity index (χ0n) is 11.7. The van der Waals surface area contributed by atoms with Gasteiger partial charge in [0.25, 0.3) is 0 Å². The van der Waals surface area contributed by atoms with E-state index < -0.39 is 11.8 Å². The van der Waals surface area contributed by atoms with Crippen molar-refractivity contribution in [3.05, 3.63) is 29.8 Å². The first kappa shape index (κ1) is 15.0. The van der Waals surface area contributed by atoms with Crippen molar-refractivity contribution in [3.8, 4) is 0 Å². The second-order valence-corrected chi connectivity index (χ2v) is 4.43. The van der Waals surface area contributed by atoms with Crippen molar-refractivity contribution in [3.63, 3.8) is 0 Å². The molecule has 0 aromatic heterocycles. The van der Waals surface area contributed by atoms with Gasteiger partial charge in [0.2, 0.25) is 0 Å². The minimum atomic E-state index is -0.578. The number of anilines is 1. The molecule has 0 fully saturated rings. The van der Waals surface area contributed by atoms with Gasteiger partial charge in [-0.1, -0.05) is 12.1 Å². The van der Waals surface area contributed by atoms with Gasteiger partial charge >= 0.3 is 11.8 Å². The highest BCUT2D eigenvalue weighted by Crippen LogP contribution is 2.12. The van der Waals surface area contributed by atoms with Crippen LogP contribution >= 0.6 is 0 Å². The van der Waals surface area contributed by atoms with E-state index in [-0.39, 0.29) is 0 Å². The molecule has 1 aromatic rings. The van der Waals surface area contributed by atoms with Gasteiger partial charge in [-0.3, -0.25) is 9.59 Å². The Hall–Kier alpha value is -2.04. The average Bonchev–Trinajstić information content (AvgIpc) is 2.39. The van der Waals surface area contributed by atoms with E-state index in [1.54, 1.807) is 6.92 Å². The summed E-state index contributed by atoms with van der Waals surface area (Å²) in [6, 6.07) is 8.10. The number of benzene rings is 1. The normalized spacial score (nSPS) is 9.84. The molecule has 0 radical (unpaired) electrons. The molecule has 0 bridgehead atoms. The Morgan fingerprint density at radius 1 is 1.05 bits per heavy atom. The lowest BCUT2D eigenvalue weighted by Crippen LogP contribution is -2.40. The number of nitrogens with zero attached hydrogens (tertiary/aromatic N) is 1. The van der Waals surface area contributed by atoms with E-state index in [2.05, 4.69) is 10.6 Å². The van der Waals surface area contributed by atoms with Gasteiger partial charge in [0.1, 0.15) is 0 Å². The van der Waals surface area contributed by atoms with Crippen molar-refractivity contribution in [1.82, 2.24) is 10.6 Å². The molecule has 0 aliphatic heterocycles. The Morgan fingerprint density at radius 2 is 1.63 bits per heavy atom. The Bertz CT molecular complexity index is 427. The molecular weight excluding hydrogens is 242 g/mol. The number of carbonyl (C=O) groups excluding carboxylic acids is 2. The molecule has 0 heterocycles. The standard InChI is InChI=1S/C14H21N3O2/c1-4-15-13(18)14(19)16-10-9-11-5-7-12(8-6-11)17(2)3/h5-8H,4,9-10H2,1-3H3,(H,15,18)(H,16,19). The van der Waals surface area contributed by atoms with Gasteiger partial charge in [-0.15, -0.1) is 0 Å². The third kappa shape index (κ3) is 4.99. The molecule has 104 valence electrons. The maximum atomic E-state index is 11.3. The van der Waals surface area contributed by atoms with Gasteiger partial charge < -0.3 is 15.5 Å². The van der Waals surface area contributed by atoms with Crippen LogP contribution in [0.3, 0.4) is 0 Å². The van der Waals surface area contributed by atoms with Crippen molar-refractivity contribution >= 4 is 17.5 Å². The molecule has 0 aliphatic carbocycles. The predicted molar refractivity (Wildman–Crippen MR) is 76.2 cm³/mol. The maximum absolute atomic E-state index is 11.3. The Morgan fingerprint density at radius 3 is 2.16 bits per heavy atom. The minimum Gasteiger partial charge on any atom is -0.378 e. The molecule has 0 saturated carbocycles. The Kier molecular flexibility index (Phi) is 5.85. The molecule has 0 spiro atoms. The molecule has 19 heavy (non-hydrogen) atoms. The number of carbonyl (C=O) groups is 2. The fourth-order valence-corrected chi connectivity index (χ4v) is 1.60. The number of nitrogens with one attached hydrogen (secondary N) is 2. The number of likely N-dealkylation sites (N-methyl/N-ethyl adjacent to an activating group) is 1. The van der Waals surface area contributed by atoms with Crippen LogP contribution in [0, 0.1) is 0 Å². The highest BCUT2D eigenvalue weighted by atomic mass is 16.2. The van der Waals surface area contributed by atoms with Gasteiger partial charge in [0, 0.05) is 32.9 Å². The van der Waals surface area contributed by atoms with E-state index in [0.717, 1.165) is 11.3 Å². The van der Waals surface area contributed by atoms with Crippen LogP contribution < -0.4 is 15.5 Å². The second kappa shape index (κ2) is 7.41. The highest BCUT2D eigenvalue weighted by molar-refractivity contribution is 6.35. The Balaban J connectivity index is 2.37. The van der Waals surface area contributed by atoms with Crippen LogP contribution in [-0.2, 0) is 16.0 Å². The fraction of sp³-hybridized carbons (Fsp3) is 0.429. The lowest BCUT2D eigenvalue weighted by atomic mass is 10.1. The van der Waals surface area contributed by atoms with Crippen molar-refractivity contribution in [2.75, 3.05) is 32.1 Å². The van der Waals surface area contributed by atoms with Crippen LogP contribution in [0.25, 0.3) is 0 Å². The summed E-state index contributed by atoms with van der Waals surface area (Å²) in [5.41, 5.74) is 2.26. The molecule has 0 saturated heterocycles. The minimum absolute atomic E-state index is 0.456. The van der Waals surface area contributed by atoms with Crippen LogP contribution in [0.2, 0.25) is 0 Å². The van der Waals surface area contributed by atoms with Gasteiger partial charge in [-0.2, -0.15) is 0 Å². The van der Waals surface area contributed by atoms with Crippen LogP contribution in [0.15, 0.2) is 24.3 Å². The van der Waals surface area contributed by atoms with Crippen molar-refractivity contribution < 1.29 is 9.59 Å². The summed E-state index contributed by atoms with van der Waals surface area (Å²) in [5.74, 6) is -1.16. The summed E-state index contributed by atoms with van der Waals surface area (Å²) in [7, 11) is 3.98. The maximum Gasteiger partial charge on any atom is 0.309 e. The first-order valence-electron chi connectivity index (χ1n) is 6.37. The van der Waals surface area contributed by atoms with E-state index in [4.69, 9.17) is 0 Å². The summed E-state index contributed by atoms with van der Waals surface area (Å²) < 4.78 is 0. The number of rotatable bonds is 5. The molecule has 0 aliphatic rings. The molecule has 0 atom stereocenters. The number of hydrogen-bond acceptors (Lipinski definition) is 3. The third-order valence-electron chi connectivity index (χ3n) is 2.70. The number of hydrogen-bond donors (Lipinski definition) is 2. The molecule has 0 unspecified atom stereocenters. The quantitative estimate of drug-likeness (QED) is 0.763. The van der Waals surface area contributed by atoms with E-state index in [1.807, 2.05) is 43.3 Å². The van der Waals surface area contributed by atoms with Crippen LogP contribution in [-0.4, -0.2) is 39.0 Å². The van der Waals surface area contributed by atoms with Crippen molar-refractivity contribution in [2.24, 2.45) is 0 Å². The smallest absolute Gasteiger partial charge is 0.309 e. The lowest BCUT2D eigenvalue weighted by Gasteiger charge is -2.12. The van der Waals surface area contributed by atoms with Crippen molar-refractivity contribution in [1.29, 1.82) is 0 Å². The molecular formula is C14H21N3O2. The van der Waals surface area contributed by atoms with E-state index in [9.17, 15) is 9.59 Å². The summed E-state index contributed by atoms with van der Waals surface area (Å²) in [4.78, 5) is 24.5. The monoisotopic (exact) mass is 263 g/mol. The molecule has 5 nitrogen and oxygen atoms in total. The first-order chi connectivity index (χ1) is 9.04. The van der Waals surface area contributed by atoms with Crippen LogP contribution in [0.4, 0.5) is 5.69 Å². The topological polar surface area (TPSA) is 61.4 Å². The Labute approximate surface area is 114 Å². The van der Waals surface area contributed by atoms with Crippen LogP contribution in [0.1, 0.15) is 12.5 Å².